The average molecular weight is 252 g/mol. The summed E-state index contributed by atoms with van der Waals surface area (Å²) in [5.41, 5.74) is 6.71. The van der Waals surface area contributed by atoms with Crippen molar-refractivity contribution in [3.05, 3.63) is 11.4 Å². The quantitative estimate of drug-likeness (QED) is 0.721. The summed E-state index contributed by atoms with van der Waals surface area (Å²) < 4.78 is 0. The minimum absolute atomic E-state index is 0.231. The summed E-state index contributed by atoms with van der Waals surface area (Å²) in [5, 5.41) is 12.9. The molecular weight excluding hydrogens is 228 g/mol. The Kier molecular flexibility index (Phi) is 5.34. The van der Waals surface area contributed by atoms with Crippen LogP contribution in [0.15, 0.2) is 0 Å². The van der Waals surface area contributed by atoms with Gasteiger partial charge in [0.25, 0.3) is 0 Å². The Hall–Kier alpha value is -1.36. The van der Waals surface area contributed by atoms with Gasteiger partial charge in [0.05, 0.1) is 6.10 Å². The number of nitrogens with zero attached hydrogens (tertiary/aromatic N) is 2. The van der Waals surface area contributed by atoms with E-state index in [9.17, 15) is 5.11 Å². The van der Waals surface area contributed by atoms with Gasteiger partial charge in [-0.15, -0.1) is 0 Å². The Labute approximate surface area is 109 Å². The van der Waals surface area contributed by atoms with E-state index in [-0.39, 0.29) is 12.0 Å². The molecule has 0 aliphatic rings. The molecule has 0 bridgehead atoms. The van der Waals surface area contributed by atoms with Crippen molar-refractivity contribution in [3.8, 4) is 0 Å². The number of aliphatic hydroxyl groups is 1. The Bertz CT molecular complexity index is 393. The highest BCUT2D eigenvalue weighted by atomic mass is 16.3. The molecule has 0 saturated heterocycles. The van der Waals surface area contributed by atoms with E-state index >= 15 is 0 Å². The summed E-state index contributed by atoms with van der Waals surface area (Å²) in [5.74, 6) is 2.18. The smallest absolute Gasteiger partial charge is 0.135 e. The molecular formula is C13H24N4O. The van der Waals surface area contributed by atoms with Crippen LogP contribution in [0.5, 0.6) is 0 Å². The van der Waals surface area contributed by atoms with Crippen LogP contribution in [0, 0.1) is 6.92 Å². The van der Waals surface area contributed by atoms with Gasteiger partial charge >= 0.3 is 0 Å². The molecule has 1 aromatic rings. The van der Waals surface area contributed by atoms with Crippen molar-refractivity contribution >= 4 is 11.6 Å². The largest absolute Gasteiger partial charge is 0.391 e. The zero-order valence-electron chi connectivity index (χ0n) is 11.7. The predicted molar refractivity (Wildman–Crippen MR) is 74.7 cm³/mol. The molecule has 0 aromatic carbocycles. The number of hydrogen-bond acceptors (Lipinski definition) is 5. The Balaban J connectivity index is 2.81. The van der Waals surface area contributed by atoms with Gasteiger partial charge in [-0.1, -0.05) is 27.2 Å². The molecule has 4 N–H and O–H groups in total. The van der Waals surface area contributed by atoms with Crippen molar-refractivity contribution in [2.45, 2.75) is 52.6 Å². The number of aliphatic hydroxyl groups excluding tert-OH is 1. The monoisotopic (exact) mass is 252 g/mol. The Morgan fingerprint density at radius 1 is 1.33 bits per heavy atom. The molecule has 102 valence electrons. The number of anilines is 2. The topological polar surface area (TPSA) is 84.1 Å². The maximum atomic E-state index is 9.71. The lowest BCUT2D eigenvalue weighted by molar-refractivity contribution is 0.176. The van der Waals surface area contributed by atoms with E-state index in [1.165, 1.54) is 0 Å². The fraction of sp³-hybridized carbons (Fsp3) is 0.692. The summed E-state index contributed by atoms with van der Waals surface area (Å²) >= 11 is 0. The van der Waals surface area contributed by atoms with Gasteiger partial charge in [0, 0.05) is 18.0 Å². The van der Waals surface area contributed by atoms with Crippen molar-refractivity contribution in [1.82, 2.24) is 9.97 Å². The molecule has 0 aliphatic carbocycles. The van der Waals surface area contributed by atoms with Crippen molar-refractivity contribution in [2.75, 3.05) is 17.6 Å². The molecule has 1 aromatic heterocycles. The standard InChI is InChI=1S/C13H24N4O/c1-5-6-10(18)7-15-13-9(4)11(14)16-12(17-13)8(2)3/h8,10,18H,5-7H2,1-4H3,(H3,14,15,16,17). The molecule has 0 spiro atoms. The zero-order chi connectivity index (χ0) is 13.7. The van der Waals surface area contributed by atoms with Crippen molar-refractivity contribution in [3.63, 3.8) is 0 Å². The van der Waals surface area contributed by atoms with Gasteiger partial charge in [0.2, 0.25) is 0 Å². The molecule has 1 atom stereocenters. The third-order valence-electron chi connectivity index (χ3n) is 2.84. The SMILES string of the molecule is CCCC(O)CNc1nc(C(C)C)nc(N)c1C. The van der Waals surface area contributed by atoms with Crippen LogP contribution in [0.3, 0.4) is 0 Å². The number of nitrogens with one attached hydrogen (secondary N) is 1. The van der Waals surface area contributed by atoms with Crippen LogP contribution in [0.25, 0.3) is 0 Å². The van der Waals surface area contributed by atoms with Crippen LogP contribution in [0.2, 0.25) is 0 Å². The molecule has 5 nitrogen and oxygen atoms in total. The van der Waals surface area contributed by atoms with Crippen LogP contribution < -0.4 is 11.1 Å². The van der Waals surface area contributed by atoms with Crippen molar-refractivity contribution in [1.29, 1.82) is 0 Å². The number of nitrogens with two attached hydrogens (primary N) is 1. The van der Waals surface area contributed by atoms with E-state index in [4.69, 9.17) is 5.73 Å². The number of aromatic nitrogens is 2. The summed E-state index contributed by atoms with van der Waals surface area (Å²) in [4.78, 5) is 8.71. The van der Waals surface area contributed by atoms with Crippen LogP contribution in [0.4, 0.5) is 11.6 Å². The normalized spacial score (nSPS) is 12.8. The predicted octanol–water partition coefficient (Wildman–Crippen LogP) is 2.06. The van der Waals surface area contributed by atoms with Crippen molar-refractivity contribution in [2.24, 2.45) is 0 Å². The highest BCUT2D eigenvalue weighted by Gasteiger charge is 2.12. The lowest BCUT2D eigenvalue weighted by Gasteiger charge is -2.15. The van der Waals surface area contributed by atoms with Crippen LogP contribution in [0.1, 0.15) is 50.9 Å². The van der Waals surface area contributed by atoms with Gasteiger partial charge in [0.1, 0.15) is 17.5 Å². The molecule has 0 amide bonds. The van der Waals surface area contributed by atoms with E-state index < -0.39 is 0 Å². The zero-order valence-corrected chi connectivity index (χ0v) is 11.7. The second kappa shape index (κ2) is 6.54. The number of hydrogen-bond donors (Lipinski definition) is 3. The maximum absolute atomic E-state index is 9.71. The maximum Gasteiger partial charge on any atom is 0.135 e. The van der Waals surface area contributed by atoms with Crippen molar-refractivity contribution < 1.29 is 5.11 Å². The van der Waals surface area contributed by atoms with Crippen LogP contribution in [-0.4, -0.2) is 27.7 Å². The fourth-order valence-electron chi connectivity index (χ4n) is 1.63. The highest BCUT2D eigenvalue weighted by Crippen LogP contribution is 2.20. The van der Waals surface area contributed by atoms with E-state index in [0.717, 1.165) is 30.0 Å². The minimum atomic E-state index is -0.354. The van der Waals surface area contributed by atoms with Gasteiger partial charge in [-0.3, -0.25) is 0 Å². The van der Waals surface area contributed by atoms with Crippen LogP contribution >= 0.6 is 0 Å². The molecule has 0 fully saturated rings. The molecule has 0 saturated carbocycles. The van der Waals surface area contributed by atoms with Gasteiger partial charge in [-0.05, 0) is 13.3 Å². The second-order valence-corrected chi connectivity index (χ2v) is 4.92. The van der Waals surface area contributed by atoms with E-state index in [0.29, 0.717) is 12.4 Å². The first-order chi connectivity index (χ1) is 8.45. The molecule has 18 heavy (non-hydrogen) atoms. The lowest BCUT2D eigenvalue weighted by atomic mass is 10.2. The Morgan fingerprint density at radius 3 is 2.56 bits per heavy atom. The molecule has 0 radical (unpaired) electrons. The summed E-state index contributed by atoms with van der Waals surface area (Å²) in [6.45, 7) is 8.48. The fourth-order valence-corrected chi connectivity index (χ4v) is 1.63. The van der Waals surface area contributed by atoms with Crippen LogP contribution in [-0.2, 0) is 0 Å². The molecule has 0 aliphatic heterocycles. The van der Waals surface area contributed by atoms with E-state index in [2.05, 4.69) is 15.3 Å². The number of nitrogen functional groups attached to an aromatic ring is 1. The first kappa shape index (κ1) is 14.7. The van der Waals surface area contributed by atoms with E-state index in [1.54, 1.807) is 0 Å². The minimum Gasteiger partial charge on any atom is -0.391 e. The molecule has 1 rings (SSSR count). The molecule has 1 heterocycles. The summed E-state index contributed by atoms with van der Waals surface area (Å²) in [6, 6.07) is 0. The first-order valence-corrected chi connectivity index (χ1v) is 6.51. The first-order valence-electron chi connectivity index (χ1n) is 6.51. The summed E-state index contributed by atoms with van der Waals surface area (Å²) in [6.07, 6.45) is 1.39. The van der Waals surface area contributed by atoms with Gasteiger partial charge in [-0.2, -0.15) is 0 Å². The molecule has 5 heteroatoms. The lowest BCUT2D eigenvalue weighted by Crippen LogP contribution is -2.21. The van der Waals surface area contributed by atoms with Gasteiger partial charge < -0.3 is 16.2 Å². The third-order valence-corrected chi connectivity index (χ3v) is 2.84. The van der Waals surface area contributed by atoms with Gasteiger partial charge in [0.15, 0.2) is 0 Å². The highest BCUT2D eigenvalue weighted by molar-refractivity contribution is 5.55. The van der Waals surface area contributed by atoms with Gasteiger partial charge in [-0.25, -0.2) is 9.97 Å². The third kappa shape index (κ3) is 3.84. The molecule has 1 unspecified atom stereocenters. The second-order valence-electron chi connectivity index (χ2n) is 4.92. The Morgan fingerprint density at radius 2 is 2.00 bits per heavy atom. The summed E-state index contributed by atoms with van der Waals surface area (Å²) in [7, 11) is 0. The number of rotatable bonds is 6. The van der Waals surface area contributed by atoms with E-state index in [1.807, 2.05) is 27.7 Å². The average Bonchev–Trinajstić information content (AvgIpc) is 2.31.